The van der Waals surface area contributed by atoms with Gasteiger partial charge < -0.3 is 10.7 Å². The van der Waals surface area contributed by atoms with Gasteiger partial charge in [0.15, 0.2) is 0 Å². The zero-order chi connectivity index (χ0) is 13.3. The summed E-state index contributed by atoms with van der Waals surface area (Å²) in [5, 5.41) is 11.3. The van der Waals surface area contributed by atoms with Gasteiger partial charge in [0, 0.05) is 11.1 Å². The summed E-state index contributed by atoms with van der Waals surface area (Å²) in [5.74, 6) is -0.633. The molecule has 6 nitrogen and oxygen atoms in total. The van der Waals surface area contributed by atoms with Crippen LogP contribution in [0.15, 0.2) is 30.3 Å². The van der Waals surface area contributed by atoms with E-state index < -0.39 is 10.8 Å². The fourth-order valence-corrected chi connectivity index (χ4v) is 1.75. The minimum absolute atomic E-state index is 0.0997. The molecule has 1 amide bonds. The number of carbonyl (C=O) groups is 1. The molecule has 0 spiro atoms. The van der Waals surface area contributed by atoms with Gasteiger partial charge in [-0.2, -0.15) is 0 Å². The number of hydrogen-bond donors (Lipinski definition) is 2. The van der Waals surface area contributed by atoms with Crippen molar-refractivity contribution in [3.63, 3.8) is 0 Å². The predicted octanol–water partition coefficient (Wildman–Crippen LogP) is 2.34. The van der Waals surface area contributed by atoms with Crippen LogP contribution in [0, 0.1) is 10.1 Å². The smallest absolute Gasteiger partial charge is 0.278 e. The van der Waals surface area contributed by atoms with E-state index in [0.29, 0.717) is 16.3 Å². The van der Waals surface area contributed by atoms with Crippen LogP contribution < -0.4 is 5.73 Å². The molecule has 0 saturated carbocycles. The van der Waals surface area contributed by atoms with Crippen LogP contribution in [-0.2, 0) is 0 Å². The second-order valence-corrected chi connectivity index (χ2v) is 4.00. The average Bonchev–Trinajstić information content (AvgIpc) is 2.77. The Morgan fingerprint density at radius 2 is 2.06 bits per heavy atom. The molecule has 0 fully saturated rings. The van der Waals surface area contributed by atoms with E-state index in [4.69, 9.17) is 17.3 Å². The summed E-state index contributed by atoms with van der Waals surface area (Å²) < 4.78 is 0. The number of benzene rings is 1. The first kappa shape index (κ1) is 12.1. The maximum Gasteiger partial charge on any atom is 0.278 e. The van der Waals surface area contributed by atoms with Crippen molar-refractivity contribution < 1.29 is 9.72 Å². The Bertz CT molecular complexity index is 636. The van der Waals surface area contributed by atoms with Crippen LogP contribution in [-0.4, -0.2) is 15.8 Å². The summed E-state index contributed by atoms with van der Waals surface area (Å²) >= 11 is 5.81. The first-order valence-electron chi connectivity index (χ1n) is 4.92. The third-order valence-electron chi connectivity index (χ3n) is 2.40. The molecule has 0 unspecified atom stereocenters. The number of nitrogens with two attached hydrogens (primary N) is 1. The Hall–Kier alpha value is -2.34. The van der Waals surface area contributed by atoms with Crippen LogP contribution in [0.3, 0.4) is 0 Å². The van der Waals surface area contributed by atoms with Crippen LogP contribution in [0.5, 0.6) is 0 Å². The van der Waals surface area contributed by atoms with Crippen molar-refractivity contribution in [1.82, 2.24) is 4.98 Å². The number of nitrogens with one attached hydrogen (secondary N) is 1. The third kappa shape index (κ3) is 2.18. The summed E-state index contributed by atoms with van der Waals surface area (Å²) in [5.41, 5.74) is 5.90. The summed E-state index contributed by atoms with van der Waals surface area (Å²) in [4.78, 5) is 24.1. The number of aromatic amines is 1. The molecule has 1 heterocycles. The molecule has 0 radical (unpaired) electrons. The average molecular weight is 266 g/mol. The molecule has 1 aromatic heterocycles. The minimum Gasteiger partial charge on any atom is -0.364 e. The van der Waals surface area contributed by atoms with E-state index in [2.05, 4.69) is 4.98 Å². The van der Waals surface area contributed by atoms with Crippen LogP contribution in [0.25, 0.3) is 11.3 Å². The van der Waals surface area contributed by atoms with Crippen LogP contribution in [0.2, 0.25) is 5.02 Å². The van der Waals surface area contributed by atoms with Gasteiger partial charge in [-0.1, -0.05) is 11.6 Å². The van der Waals surface area contributed by atoms with E-state index >= 15 is 0 Å². The quantitative estimate of drug-likeness (QED) is 0.657. The lowest BCUT2D eigenvalue weighted by molar-refractivity contribution is -0.384. The second kappa shape index (κ2) is 4.50. The molecule has 0 bridgehead atoms. The van der Waals surface area contributed by atoms with Crippen molar-refractivity contribution in [2.45, 2.75) is 0 Å². The zero-order valence-electron chi connectivity index (χ0n) is 9.01. The Morgan fingerprint density at radius 3 is 2.61 bits per heavy atom. The Kier molecular flexibility index (Phi) is 3.03. The zero-order valence-corrected chi connectivity index (χ0v) is 9.77. The number of nitrogens with zero attached hydrogens (tertiary/aromatic N) is 1. The van der Waals surface area contributed by atoms with Crippen LogP contribution in [0.1, 0.15) is 10.5 Å². The highest BCUT2D eigenvalue weighted by molar-refractivity contribution is 6.31. The predicted molar refractivity (Wildman–Crippen MR) is 66.4 cm³/mol. The van der Waals surface area contributed by atoms with Crippen molar-refractivity contribution in [1.29, 1.82) is 0 Å². The number of aromatic nitrogens is 1. The van der Waals surface area contributed by atoms with Gasteiger partial charge >= 0.3 is 0 Å². The molecule has 0 aliphatic carbocycles. The molecule has 0 saturated heterocycles. The summed E-state index contributed by atoms with van der Waals surface area (Å²) in [6.45, 7) is 0. The third-order valence-corrected chi connectivity index (χ3v) is 2.63. The largest absolute Gasteiger partial charge is 0.364 e. The van der Waals surface area contributed by atoms with Gasteiger partial charge in [-0.3, -0.25) is 14.9 Å². The molecule has 0 aliphatic heterocycles. The van der Waals surface area contributed by atoms with Gasteiger partial charge in [-0.05, 0) is 24.3 Å². The van der Waals surface area contributed by atoms with Crippen LogP contribution >= 0.6 is 11.6 Å². The first-order chi connectivity index (χ1) is 8.49. The highest BCUT2D eigenvalue weighted by atomic mass is 35.5. The normalized spacial score (nSPS) is 10.3. The summed E-state index contributed by atoms with van der Waals surface area (Å²) in [7, 11) is 0. The Balaban J connectivity index is 2.57. The monoisotopic (exact) mass is 265 g/mol. The maximum absolute atomic E-state index is 11.0. The molecule has 2 aromatic rings. The van der Waals surface area contributed by atoms with Crippen molar-refractivity contribution in [2.75, 3.05) is 0 Å². The summed E-state index contributed by atoms with van der Waals surface area (Å²) in [6, 6.07) is 7.20. The lowest BCUT2D eigenvalue weighted by atomic mass is 10.1. The van der Waals surface area contributed by atoms with Crippen molar-refractivity contribution in [3.05, 3.63) is 51.2 Å². The SMILES string of the molecule is NC(=O)c1ccc(-c2cc(Cl)ccc2[N+](=O)[O-])[nH]1. The van der Waals surface area contributed by atoms with Crippen molar-refractivity contribution >= 4 is 23.2 Å². The fourth-order valence-electron chi connectivity index (χ4n) is 1.58. The highest BCUT2D eigenvalue weighted by Gasteiger charge is 2.17. The standard InChI is InChI=1S/C11H8ClN3O3/c12-6-1-4-10(15(17)18)7(5-6)8-2-3-9(14-8)11(13)16/h1-5,14H,(H2,13,16). The first-order valence-corrected chi connectivity index (χ1v) is 5.30. The molecule has 2 rings (SSSR count). The lowest BCUT2D eigenvalue weighted by Crippen LogP contribution is -2.11. The van der Waals surface area contributed by atoms with Gasteiger partial charge in [-0.25, -0.2) is 0 Å². The van der Waals surface area contributed by atoms with Crippen molar-refractivity contribution in [3.8, 4) is 11.3 Å². The van der Waals surface area contributed by atoms with Gasteiger partial charge in [-0.15, -0.1) is 0 Å². The number of amides is 1. The minimum atomic E-state index is -0.633. The molecule has 0 aliphatic rings. The number of hydrogen-bond acceptors (Lipinski definition) is 3. The molecule has 7 heteroatoms. The topological polar surface area (TPSA) is 102 Å². The van der Waals surface area contributed by atoms with Gasteiger partial charge in [0.1, 0.15) is 5.69 Å². The number of halogens is 1. The molecule has 0 atom stereocenters. The second-order valence-electron chi connectivity index (χ2n) is 3.57. The van der Waals surface area contributed by atoms with E-state index in [-0.39, 0.29) is 11.4 Å². The van der Waals surface area contributed by atoms with Gasteiger partial charge in [0.25, 0.3) is 11.6 Å². The van der Waals surface area contributed by atoms with E-state index in [1.165, 1.54) is 24.3 Å². The highest BCUT2D eigenvalue weighted by Crippen LogP contribution is 2.31. The number of primary amides is 1. The number of rotatable bonds is 3. The maximum atomic E-state index is 11.0. The van der Waals surface area contributed by atoms with E-state index in [1.807, 2.05) is 0 Å². The van der Waals surface area contributed by atoms with E-state index in [9.17, 15) is 14.9 Å². The molecule has 1 aromatic carbocycles. The fraction of sp³-hybridized carbons (Fsp3) is 0. The van der Waals surface area contributed by atoms with Crippen molar-refractivity contribution in [2.24, 2.45) is 5.73 Å². The lowest BCUT2D eigenvalue weighted by Gasteiger charge is -2.01. The molecule has 18 heavy (non-hydrogen) atoms. The number of nitro groups is 1. The summed E-state index contributed by atoms with van der Waals surface area (Å²) in [6.07, 6.45) is 0. The van der Waals surface area contributed by atoms with Crippen LogP contribution in [0.4, 0.5) is 5.69 Å². The molecule has 3 N–H and O–H groups in total. The van der Waals surface area contributed by atoms with E-state index in [1.54, 1.807) is 6.07 Å². The molecular weight excluding hydrogens is 258 g/mol. The molecular formula is C11H8ClN3O3. The number of H-pyrrole nitrogens is 1. The Labute approximate surface area is 107 Å². The Morgan fingerprint density at radius 1 is 1.33 bits per heavy atom. The number of carbonyl (C=O) groups excluding carboxylic acids is 1. The van der Waals surface area contributed by atoms with Gasteiger partial charge in [0.2, 0.25) is 0 Å². The number of nitro benzene ring substituents is 1. The van der Waals surface area contributed by atoms with E-state index in [0.717, 1.165) is 0 Å². The molecule has 92 valence electrons. The van der Waals surface area contributed by atoms with Gasteiger partial charge in [0.05, 0.1) is 16.2 Å².